The van der Waals surface area contributed by atoms with Crippen molar-refractivity contribution < 1.29 is 0 Å². The van der Waals surface area contributed by atoms with Crippen molar-refractivity contribution in [3.63, 3.8) is 0 Å². The van der Waals surface area contributed by atoms with Gasteiger partial charge in [0.1, 0.15) is 5.82 Å². The minimum Gasteiger partial charge on any atom is -0.399 e. The first kappa shape index (κ1) is 9.84. The van der Waals surface area contributed by atoms with E-state index in [2.05, 4.69) is 20.6 Å². The van der Waals surface area contributed by atoms with Crippen LogP contribution in [-0.2, 0) is 6.54 Å². The van der Waals surface area contributed by atoms with E-state index in [0.29, 0.717) is 6.54 Å². The van der Waals surface area contributed by atoms with Crippen LogP contribution in [0.1, 0.15) is 5.82 Å². The molecule has 0 aliphatic rings. The molecule has 0 saturated heterocycles. The summed E-state index contributed by atoms with van der Waals surface area (Å²) in [7, 11) is 0. The highest BCUT2D eigenvalue weighted by Gasteiger charge is 2.03. The number of nitrogen functional groups attached to an aromatic ring is 1. The van der Waals surface area contributed by atoms with Crippen molar-refractivity contribution in [3.8, 4) is 0 Å². The van der Waals surface area contributed by atoms with Crippen molar-refractivity contribution in [3.05, 3.63) is 54.7 Å². The summed E-state index contributed by atoms with van der Waals surface area (Å²) < 4.78 is 2.10. The fourth-order valence-electron chi connectivity index (χ4n) is 1.90. The minimum absolute atomic E-state index is 0.661. The molecule has 0 bridgehead atoms. The molecule has 2 aromatic heterocycles. The molecule has 0 unspecified atom stereocenters. The van der Waals surface area contributed by atoms with Gasteiger partial charge in [0, 0.05) is 24.3 Å². The molecule has 3 rings (SSSR count). The predicted molar refractivity (Wildman–Crippen MR) is 67.5 cm³/mol. The highest BCUT2D eigenvalue weighted by atomic mass is 15.0. The van der Waals surface area contributed by atoms with Crippen molar-refractivity contribution >= 4 is 16.6 Å². The van der Waals surface area contributed by atoms with Gasteiger partial charge in [-0.15, -0.1) is 0 Å². The average Bonchev–Trinajstić information content (AvgIpc) is 2.73. The van der Waals surface area contributed by atoms with E-state index >= 15 is 0 Å². The maximum Gasteiger partial charge on any atom is 0.147 e. The lowest BCUT2D eigenvalue weighted by molar-refractivity contribution is 0.771. The summed E-state index contributed by atoms with van der Waals surface area (Å²) in [4.78, 5) is 8.44. The van der Waals surface area contributed by atoms with Crippen LogP contribution in [0.4, 0.5) is 5.69 Å². The van der Waals surface area contributed by atoms with Gasteiger partial charge in [0.15, 0.2) is 0 Å². The molecule has 0 aliphatic carbocycles. The molecule has 4 nitrogen and oxygen atoms in total. The van der Waals surface area contributed by atoms with E-state index in [9.17, 15) is 0 Å². The molecule has 0 fully saturated rings. The van der Waals surface area contributed by atoms with Gasteiger partial charge >= 0.3 is 0 Å². The SMILES string of the molecule is Nc1ccc2ccn(Cc3ncccn3)c2c1. The minimum atomic E-state index is 0.661. The lowest BCUT2D eigenvalue weighted by Gasteiger charge is -2.04. The van der Waals surface area contributed by atoms with Gasteiger partial charge in [-0.1, -0.05) is 6.07 Å². The molecule has 84 valence electrons. The Kier molecular flexibility index (Phi) is 2.26. The summed E-state index contributed by atoms with van der Waals surface area (Å²) in [6, 6.07) is 9.78. The van der Waals surface area contributed by atoms with Crippen LogP contribution in [0.25, 0.3) is 10.9 Å². The number of fused-ring (bicyclic) bond motifs is 1. The average molecular weight is 224 g/mol. The van der Waals surface area contributed by atoms with E-state index in [1.54, 1.807) is 12.4 Å². The Morgan fingerprint density at radius 2 is 1.94 bits per heavy atom. The number of aromatic nitrogens is 3. The number of nitrogens with two attached hydrogens (primary N) is 1. The van der Waals surface area contributed by atoms with E-state index in [1.807, 2.05) is 30.5 Å². The molecule has 0 spiro atoms. The third kappa shape index (κ3) is 1.85. The first-order valence-electron chi connectivity index (χ1n) is 5.43. The van der Waals surface area contributed by atoms with Crippen LogP contribution in [0.15, 0.2) is 48.9 Å². The van der Waals surface area contributed by atoms with E-state index in [4.69, 9.17) is 5.73 Å². The molecule has 2 N–H and O–H groups in total. The van der Waals surface area contributed by atoms with Gasteiger partial charge < -0.3 is 10.3 Å². The Balaban J connectivity index is 2.03. The van der Waals surface area contributed by atoms with Crippen LogP contribution in [0.3, 0.4) is 0 Å². The van der Waals surface area contributed by atoms with Gasteiger partial charge in [-0.2, -0.15) is 0 Å². The molecule has 17 heavy (non-hydrogen) atoms. The first-order chi connectivity index (χ1) is 8.33. The third-order valence-electron chi connectivity index (χ3n) is 2.73. The van der Waals surface area contributed by atoms with E-state index in [-0.39, 0.29) is 0 Å². The Labute approximate surface area is 98.7 Å². The number of nitrogens with zero attached hydrogens (tertiary/aromatic N) is 3. The number of benzene rings is 1. The zero-order chi connectivity index (χ0) is 11.7. The largest absolute Gasteiger partial charge is 0.399 e. The smallest absolute Gasteiger partial charge is 0.147 e. The van der Waals surface area contributed by atoms with Crippen molar-refractivity contribution in [2.24, 2.45) is 0 Å². The third-order valence-corrected chi connectivity index (χ3v) is 2.73. The van der Waals surface area contributed by atoms with Crippen LogP contribution >= 0.6 is 0 Å². The van der Waals surface area contributed by atoms with Gasteiger partial charge in [-0.3, -0.25) is 0 Å². The van der Waals surface area contributed by atoms with Gasteiger partial charge in [0.25, 0.3) is 0 Å². The Morgan fingerprint density at radius 1 is 1.12 bits per heavy atom. The van der Waals surface area contributed by atoms with Crippen LogP contribution < -0.4 is 5.73 Å². The van der Waals surface area contributed by atoms with Gasteiger partial charge in [-0.25, -0.2) is 9.97 Å². The molecular weight excluding hydrogens is 212 g/mol. The second kappa shape index (κ2) is 3.90. The van der Waals surface area contributed by atoms with Crippen LogP contribution in [0, 0.1) is 0 Å². The monoisotopic (exact) mass is 224 g/mol. The quantitative estimate of drug-likeness (QED) is 0.678. The van der Waals surface area contributed by atoms with Crippen molar-refractivity contribution in [1.82, 2.24) is 14.5 Å². The van der Waals surface area contributed by atoms with Crippen LogP contribution in [-0.4, -0.2) is 14.5 Å². The van der Waals surface area contributed by atoms with Gasteiger partial charge in [0.05, 0.1) is 12.1 Å². The van der Waals surface area contributed by atoms with Gasteiger partial charge in [0.2, 0.25) is 0 Å². The number of hydrogen-bond donors (Lipinski definition) is 1. The van der Waals surface area contributed by atoms with E-state index in [1.165, 1.54) is 5.39 Å². The Morgan fingerprint density at radius 3 is 2.76 bits per heavy atom. The summed E-state index contributed by atoms with van der Waals surface area (Å²) in [6.07, 6.45) is 5.53. The molecule has 0 radical (unpaired) electrons. The first-order valence-corrected chi connectivity index (χ1v) is 5.43. The fourth-order valence-corrected chi connectivity index (χ4v) is 1.90. The maximum absolute atomic E-state index is 5.80. The summed E-state index contributed by atoms with van der Waals surface area (Å²) >= 11 is 0. The summed E-state index contributed by atoms with van der Waals surface area (Å²) in [5, 5.41) is 1.18. The molecule has 0 atom stereocenters. The highest BCUT2D eigenvalue weighted by Crippen LogP contribution is 2.19. The second-order valence-corrected chi connectivity index (χ2v) is 3.93. The van der Waals surface area contributed by atoms with E-state index in [0.717, 1.165) is 17.0 Å². The molecule has 0 amide bonds. The standard InChI is InChI=1S/C13H12N4/c14-11-3-2-10-4-7-17(12(10)8-11)9-13-15-5-1-6-16-13/h1-8H,9,14H2. The number of rotatable bonds is 2. The molecular formula is C13H12N4. The zero-order valence-electron chi connectivity index (χ0n) is 9.24. The van der Waals surface area contributed by atoms with E-state index < -0.39 is 0 Å². The second-order valence-electron chi connectivity index (χ2n) is 3.93. The molecule has 1 aromatic carbocycles. The highest BCUT2D eigenvalue weighted by molar-refractivity contribution is 5.83. The lowest BCUT2D eigenvalue weighted by Crippen LogP contribution is -2.02. The number of hydrogen-bond acceptors (Lipinski definition) is 3. The van der Waals surface area contributed by atoms with Crippen molar-refractivity contribution in [1.29, 1.82) is 0 Å². The Hall–Kier alpha value is -2.36. The summed E-state index contributed by atoms with van der Waals surface area (Å²) in [6.45, 7) is 0.661. The summed E-state index contributed by atoms with van der Waals surface area (Å²) in [5.41, 5.74) is 7.68. The van der Waals surface area contributed by atoms with Crippen molar-refractivity contribution in [2.75, 3.05) is 5.73 Å². The fraction of sp³-hybridized carbons (Fsp3) is 0.0769. The predicted octanol–water partition coefficient (Wildman–Crippen LogP) is 2.06. The zero-order valence-corrected chi connectivity index (χ0v) is 9.24. The summed E-state index contributed by atoms with van der Waals surface area (Å²) in [5.74, 6) is 0.799. The maximum atomic E-state index is 5.80. The Bertz CT molecular complexity index is 643. The number of anilines is 1. The topological polar surface area (TPSA) is 56.7 Å². The molecule has 3 aromatic rings. The lowest BCUT2D eigenvalue weighted by atomic mass is 10.2. The molecule has 0 saturated carbocycles. The van der Waals surface area contributed by atoms with Crippen LogP contribution in [0.2, 0.25) is 0 Å². The van der Waals surface area contributed by atoms with Crippen LogP contribution in [0.5, 0.6) is 0 Å². The molecule has 2 heterocycles. The normalized spacial score (nSPS) is 10.8. The molecule has 4 heteroatoms. The molecule has 0 aliphatic heterocycles. The van der Waals surface area contributed by atoms with Crippen molar-refractivity contribution in [2.45, 2.75) is 6.54 Å². The van der Waals surface area contributed by atoms with Gasteiger partial charge in [-0.05, 0) is 29.7 Å².